The molecule has 0 saturated carbocycles. The standard InChI is InChI=1S/C16H21F3N2O/c1-11-5-6-12(2)13(8-11)14-4-3-7-21(14)15(22)9-20-10-16(17,18)19/h5-6,8,14,20H,3-4,7,9-10H2,1-2H3. The number of alkyl halides is 3. The second-order valence-corrected chi connectivity index (χ2v) is 5.82. The molecule has 1 unspecified atom stereocenters. The summed E-state index contributed by atoms with van der Waals surface area (Å²) >= 11 is 0. The van der Waals surface area contributed by atoms with Crippen LogP contribution in [-0.2, 0) is 4.79 Å². The van der Waals surface area contributed by atoms with E-state index >= 15 is 0 Å². The summed E-state index contributed by atoms with van der Waals surface area (Å²) in [6.07, 6.45) is -2.56. The molecule has 3 nitrogen and oxygen atoms in total. The summed E-state index contributed by atoms with van der Waals surface area (Å²) < 4.78 is 36.4. The van der Waals surface area contributed by atoms with Crippen molar-refractivity contribution < 1.29 is 18.0 Å². The minimum atomic E-state index is -4.29. The first-order chi connectivity index (χ1) is 10.3. The fourth-order valence-corrected chi connectivity index (χ4v) is 2.92. The summed E-state index contributed by atoms with van der Waals surface area (Å²) in [6, 6.07) is 6.08. The molecule has 2 rings (SSSR count). The van der Waals surface area contributed by atoms with Crippen molar-refractivity contribution in [1.29, 1.82) is 0 Å². The maximum Gasteiger partial charge on any atom is 0.401 e. The Bertz CT molecular complexity index is 543. The zero-order chi connectivity index (χ0) is 16.3. The van der Waals surface area contributed by atoms with E-state index in [1.807, 2.05) is 26.0 Å². The number of amides is 1. The number of carbonyl (C=O) groups excluding carboxylic acids is 1. The summed E-state index contributed by atoms with van der Waals surface area (Å²) in [4.78, 5) is 13.9. The molecule has 1 aromatic carbocycles. The second kappa shape index (κ2) is 6.69. The normalized spacial score (nSPS) is 18.8. The number of nitrogens with one attached hydrogen (secondary N) is 1. The number of rotatable bonds is 4. The molecule has 1 aliphatic rings. The van der Waals surface area contributed by atoms with Gasteiger partial charge in [0.05, 0.1) is 19.1 Å². The molecule has 0 spiro atoms. The van der Waals surface area contributed by atoms with Gasteiger partial charge in [0.2, 0.25) is 5.91 Å². The highest BCUT2D eigenvalue weighted by Crippen LogP contribution is 2.34. The Morgan fingerprint density at radius 3 is 2.77 bits per heavy atom. The van der Waals surface area contributed by atoms with Gasteiger partial charge in [-0.25, -0.2) is 0 Å². The summed E-state index contributed by atoms with van der Waals surface area (Å²) in [5, 5.41) is 2.18. The fraction of sp³-hybridized carbons (Fsp3) is 0.562. The van der Waals surface area contributed by atoms with E-state index in [1.54, 1.807) is 4.90 Å². The smallest absolute Gasteiger partial charge is 0.335 e. The zero-order valence-corrected chi connectivity index (χ0v) is 12.8. The number of aryl methyl sites for hydroxylation is 2. The first kappa shape index (κ1) is 16.8. The minimum absolute atomic E-state index is 0.0277. The van der Waals surface area contributed by atoms with Crippen LogP contribution in [0.5, 0.6) is 0 Å². The van der Waals surface area contributed by atoms with Gasteiger partial charge in [0.25, 0.3) is 0 Å². The van der Waals surface area contributed by atoms with Crippen LogP contribution in [-0.4, -0.2) is 36.6 Å². The van der Waals surface area contributed by atoms with Gasteiger partial charge in [0, 0.05) is 6.54 Å². The topological polar surface area (TPSA) is 32.3 Å². The molecule has 122 valence electrons. The van der Waals surface area contributed by atoms with Gasteiger partial charge in [-0.05, 0) is 37.8 Å². The van der Waals surface area contributed by atoms with Crippen molar-refractivity contribution in [1.82, 2.24) is 10.2 Å². The first-order valence-electron chi connectivity index (χ1n) is 7.42. The van der Waals surface area contributed by atoms with E-state index in [1.165, 1.54) is 0 Å². The lowest BCUT2D eigenvalue weighted by molar-refractivity contribution is -0.134. The average molecular weight is 314 g/mol. The lowest BCUT2D eigenvalue weighted by atomic mass is 9.97. The van der Waals surface area contributed by atoms with Gasteiger partial charge in [-0.15, -0.1) is 0 Å². The van der Waals surface area contributed by atoms with Crippen molar-refractivity contribution in [3.8, 4) is 0 Å². The van der Waals surface area contributed by atoms with E-state index in [9.17, 15) is 18.0 Å². The predicted molar refractivity (Wildman–Crippen MR) is 78.5 cm³/mol. The molecule has 22 heavy (non-hydrogen) atoms. The molecule has 1 aliphatic heterocycles. The predicted octanol–water partition coefficient (Wildman–Crippen LogP) is 3.12. The van der Waals surface area contributed by atoms with Gasteiger partial charge >= 0.3 is 6.18 Å². The van der Waals surface area contributed by atoms with Crippen molar-refractivity contribution in [3.05, 3.63) is 34.9 Å². The summed E-state index contributed by atoms with van der Waals surface area (Å²) in [5.74, 6) is -0.271. The molecule has 0 aromatic heterocycles. The van der Waals surface area contributed by atoms with Crippen molar-refractivity contribution >= 4 is 5.91 Å². The number of halogens is 3. The van der Waals surface area contributed by atoms with Crippen LogP contribution >= 0.6 is 0 Å². The van der Waals surface area contributed by atoms with Crippen LogP contribution in [0.1, 0.15) is 35.6 Å². The van der Waals surface area contributed by atoms with E-state index in [-0.39, 0.29) is 18.5 Å². The molecule has 6 heteroatoms. The Kier molecular flexibility index (Phi) is 5.11. The molecule has 1 aromatic rings. The van der Waals surface area contributed by atoms with E-state index in [0.29, 0.717) is 6.54 Å². The van der Waals surface area contributed by atoms with E-state index in [4.69, 9.17) is 0 Å². The third-order valence-electron chi connectivity index (χ3n) is 3.97. The van der Waals surface area contributed by atoms with Crippen LogP contribution in [0.2, 0.25) is 0 Å². The molecular weight excluding hydrogens is 293 g/mol. The second-order valence-electron chi connectivity index (χ2n) is 5.82. The van der Waals surface area contributed by atoms with Gasteiger partial charge in [-0.2, -0.15) is 13.2 Å². The van der Waals surface area contributed by atoms with Crippen LogP contribution < -0.4 is 5.32 Å². The quantitative estimate of drug-likeness (QED) is 0.926. The Morgan fingerprint density at radius 1 is 1.36 bits per heavy atom. The minimum Gasteiger partial charge on any atom is -0.335 e. The van der Waals surface area contributed by atoms with Crippen molar-refractivity contribution in [2.24, 2.45) is 0 Å². The van der Waals surface area contributed by atoms with Gasteiger partial charge in [-0.3, -0.25) is 4.79 Å². The van der Waals surface area contributed by atoms with Gasteiger partial charge in [0.1, 0.15) is 0 Å². The summed E-state index contributed by atoms with van der Waals surface area (Å²) in [6.45, 7) is 3.18. The van der Waals surface area contributed by atoms with E-state index in [0.717, 1.165) is 29.5 Å². The van der Waals surface area contributed by atoms with Crippen LogP contribution in [0.4, 0.5) is 13.2 Å². The molecular formula is C16H21F3N2O. The Hall–Kier alpha value is -1.56. The number of carbonyl (C=O) groups is 1. The number of benzene rings is 1. The highest BCUT2D eigenvalue weighted by Gasteiger charge is 2.32. The van der Waals surface area contributed by atoms with Gasteiger partial charge in [-0.1, -0.05) is 23.8 Å². The molecule has 0 aliphatic carbocycles. The maximum atomic E-state index is 12.2. The molecule has 1 saturated heterocycles. The number of hydrogen-bond acceptors (Lipinski definition) is 2. The molecule has 0 radical (unpaired) electrons. The highest BCUT2D eigenvalue weighted by molar-refractivity contribution is 5.79. The zero-order valence-electron chi connectivity index (χ0n) is 12.8. The summed E-state index contributed by atoms with van der Waals surface area (Å²) in [5.41, 5.74) is 3.33. The third-order valence-corrected chi connectivity index (χ3v) is 3.97. The van der Waals surface area contributed by atoms with Crippen molar-refractivity contribution in [2.45, 2.75) is 38.9 Å². The third kappa shape index (κ3) is 4.22. The number of hydrogen-bond donors (Lipinski definition) is 1. The lowest BCUT2D eigenvalue weighted by Gasteiger charge is -2.27. The Labute approximate surface area is 128 Å². The Morgan fingerprint density at radius 2 is 2.09 bits per heavy atom. The average Bonchev–Trinajstić information content (AvgIpc) is 2.89. The summed E-state index contributed by atoms with van der Waals surface area (Å²) in [7, 11) is 0. The van der Waals surface area contributed by atoms with Crippen molar-refractivity contribution in [3.63, 3.8) is 0 Å². The monoisotopic (exact) mass is 314 g/mol. The molecule has 1 fully saturated rings. The molecule has 1 N–H and O–H groups in total. The SMILES string of the molecule is Cc1ccc(C)c(C2CCCN2C(=O)CNCC(F)(F)F)c1. The fourth-order valence-electron chi connectivity index (χ4n) is 2.92. The molecule has 1 amide bonds. The van der Waals surface area contributed by atoms with Crippen LogP contribution in [0.15, 0.2) is 18.2 Å². The van der Waals surface area contributed by atoms with Crippen LogP contribution in [0.25, 0.3) is 0 Å². The Balaban J connectivity index is 2.04. The van der Waals surface area contributed by atoms with Crippen LogP contribution in [0.3, 0.4) is 0 Å². The van der Waals surface area contributed by atoms with Crippen molar-refractivity contribution in [2.75, 3.05) is 19.6 Å². The maximum absolute atomic E-state index is 12.2. The van der Waals surface area contributed by atoms with Gasteiger partial charge < -0.3 is 10.2 Å². The molecule has 0 bridgehead atoms. The molecule has 1 atom stereocenters. The number of nitrogens with zero attached hydrogens (tertiary/aromatic N) is 1. The molecule has 1 heterocycles. The first-order valence-corrected chi connectivity index (χ1v) is 7.42. The van der Waals surface area contributed by atoms with Gasteiger partial charge in [0.15, 0.2) is 0 Å². The lowest BCUT2D eigenvalue weighted by Crippen LogP contribution is -2.40. The largest absolute Gasteiger partial charge is 0.401 e. The van der Waals surface area contributed by atoms with E-state index in [2.05, 4.69) is 11.4 Å². The van der Waals surface area contributed by atoms with Crippen LogP contribution in [0, 0.1) is 13.8 Å². The van der Waals surface area contributed by atoms with E-state index < -0.39 is 12.7 Å². The highest BCUT2D eigenvalue weighted by atomic mass is 19.4. The number of likely N-dealkylation sites (tertiary alicyclic amines) is 1.